The van der Waals surface area contributed by atoms with E-state index in [4.69, 9.17) is 16.3 Å². The Morgan fingerprint density at radius 3 is 2.86 bits per heavy atom. The van der Waals surface area contributed by atoms with E-state index in [-0.39, 0.29) is 17.0 Å². The van der Waals surface area contributed by atoms with E-state index in [0.717, 1.165) is 12.8 Å². The predicted octanol–water partition coefficient (Wildman–Crippen LogP) is 2.64. The highest BCUT2D eigenvalue weighted by molar-refractivity contribution is 6.31. The van der Waals surface area contributed by atoms with Gasteiger partial charge in [0, 0.05) is 13.2 Å². The van der Waals surface area contributed by atoms with E-state index in [1.807, 2.05) is 0 Å². The average Bonchev–Trinajstić information content (AvgIpc) is 3.05. The van der Waals surface area contributed by atoms with Crippen LogP contribution >= 0.6 is 11.6 Å². The summed E-state index contributed by atoms with van der Waals surface area (Å²) < 4.78 is 32.2. The van der Waals surface area contributed by atoms with Crippen molar-refractivity contribution in [2.45, 2.75) is 45.3 Å². The first kappa shape index (κ1) is 16.2. The fraction of sp³-hybridized carbons (Fsp3) is 0.692. The second kappa shape index (κ2) is 6.70. The van der Waals surface area contributed by atoms with Crippen LogP contribution in [0.1, 0.15) is 43.6 Å². The van der Waals surface area contributed by atoms with Crippen LogP contribution in [0.5, 0.6) is 0 Å². The fourth-order valence-electron chi connectivity index (χ4n) is 2.32. The highest BCUT2D eigenvalue weighted by Gasteiger charge is 2.26. The van der Waals surface area contributed by atoms with Gasteiger partial charge in [-0.15, -0.1) is 0 Å². The smallest absolute Gasteiger partial charge is 0.283 e. The summed E-state index contributed by atoms with van der Waals surface area (Å²) in [5.41, 5.74) is -0.139. The summed E-state index contributed by atoms with van der Waals surface area (Å²) in [5, 5.41) is 6.41. The summed E-state index contributed by atoms with van der Waals surface area (Å²) in [7, 11) is 0. The van der Waals surface area contributed by atoms with Gasteiger partial charge >= 0.3 is 0 Å². The van der Waals surface area contributed by atoms with Gasteiger partial charge in [-0.1, -0.05) is 11.6 Å². The van der Waals surface area contributed by atoms with E-state index in [1.54, 1.807) is 13.8 Å². The highest BCUT2D eigenvalue weighted by Crippen LogP contribution is 2.30. The number of carbonyl (C=O) groups excluding carboxylic acids is 1. The number of rotatable bonds is 5. The van der Waals surface area contributed by atoms with Crippen LogP contribution in [0.2, 0.25) is 5.02 Å². The van der Waals surface area contributed by atoms with Crippen LogP contribution in [-0.4, -0.2) is 34.9 Å². The number of nitrogens with one attached hydrogen (secondary N) is 1. The molecule has 118 valence electrons. The third-order valence-corrected chi connectivity index (χ3v) is 4.05. The van der Waals surface area contributed by atoms with Crippen molar-refractivity contribution in [1.82, 2.24) is 15.1 Å². The maximum Gasteiger partial charge on any atom is 0.283 e. The number of hydrogen-bond acceptors (Lipinski definition) is 3. The Balaban J connectivity index is 2.03. The molecule has 1 amide bonds. The summed E-state index contributed by atoms with van der Waals surface area (Å²) >= 11 is 5.82. The molecule has 5 nitrogen and oxygen atoms in total. The van der Waals surface area contributed by atoms with Gasteiger partial charge in [-0.3, -0.25) is 9.48 Å². The van der Waals surface area contributed by atoms with Crippen LogP contribution in [0.3, 0.4) is 0 Å². The number of aromatic nitrogens is 2. The van der Waals surface area contributed by atoms with Gasteiger partial charge in [-0.25, -0.2) is 8.78 Å². The van der Waals surface area contributed by atoms with Crippen molar-refractivity contribution in [3.63, 3.8) is 0 Å². The molecule has 2 heterocycles. The normalized spacial score (nSPS) is 20.0. The molecular weight excluding hydrogens is 304 g/mol. The minimum atomic E-state index is -2.76. The zero-order valence-electron chi connectivity index (χ0n) is 11.9. The van der Waals surface area contributed by atoms with Gasteiger partial charge < -0.3 is 10.1 Å². The molecule has 0 aromatic carbocycles. The Hall–Kier alpha value is -1.21. The Labute approximate surface area is 126 Å². The number of carbonyl (C=O) groups is 1. The van der Waals surface area contributed by atoms with E-state index < -0.39 is 18.2 Å². The topological polar surface area (TPSA) is 56.2 Å². The van der Waals surface area contributed by atoms with Crippen molar-refractivity contribution in [1.29, 1.82) is 0 Å². The SMILES string of the molecule is Cc1c(Cl)c(C(F)F)nn1[C@H](C)C(=O)NC[C@@H]1CCCO1. The molecular formula is C13H18ClF2N3O2. The molecule has 1 N–H and O–H groups in total. The maximum atomic E-state index is 12.8. The van der Waals surface area contributed by atoms with Crippen molar-refractivity contribution < 1.29 is 18.3 Å². The fourth-order valence-corrected chi connectivity index (χ4v) is 2.52. The molecule has 0 unspecified atom stereocenters. The van der Waals surface area contributed by atoms with Crippen molar-refractivity contribution in [2.75, 3.05) is 13.2 Å². The quantitative estimate of drug-likeness (QED) is 0.907. The van der Waals surface area contributed by atoms with Crippen molar-refractivity contribution >= 4 is 17.5 Å². The zero-order chi connectivity index (χ0) is 15.6. The second-order valence-corrected chi connectivity index (χ2v) is 5.46. The first-order valence-corrected chi connectivity index (χ1v) is 7.21. The van der Waals surface area contributed by atoms with Crippen molar-refractivity contribution in [3.05, 3.63) is 16.4 Å². The molecule has 1 saturated heterocycles. The molecule has 0 bridgehead atoms. The number of ether oxygens (including phenoxy) is 1. The Bertz CT molecular complexity index is 516. The van der Waals surface area contributed by atoms with E-state index >= 15 is 0 Å². The van der Waals surface area contributed by atoms with Gasteiger partial charge in [0.1, 0.15) is 11.7 Å². The van der Waals surface area contributed by atoms with Crippen LogP contribution in [0, 0.1) is 6.92 Å². The highest BCUT2D eigenvalue weighted by atomic mass is 35.5. The standard InChI is InChI=1S/C13H18ClF2N3O2/c1-7-10(14)11(12(15)16)18-19(7)8(2)13(20)17-6-9-4-3-5-21-9/h8-9,12H,3-6H2,1-2H3,(H,17,20)/t8-,9+/m1/s1. The first-order valence-electron chi connectivity index (χ1n) is 6.83. The molecule has 1 fully saturated rings. The van der Waals surface area contributed by atoms with Crippen LogP contribution in [0.15, 0.2) is 0 Å². The summed E-state index contributed by atoms with van der Waals surface area (Å²) in [6.07, 6.45) is -0.835. The van der Waals surface area contributed by atoms with Gasteiger partial charge in [-0.05, 0) is 26.7 Å². The molecule has 1 aliphatic heterocycles. The Kier molecular flexibility index (Phi) is 5.16. The number of halogens is 3. The second-order valence-electron chi connectivity index (χ2n) is 5.09. The maximum absolute atomic E-state index is 12.8. The Morgan fingerprint density at radius 2 is 2.33 bits per heavy atom. The molecule has 2 atom stereocenters. The molecule has 0 radical (unpaired) electrons. The molecule has 1 aromatic heterocycles. The molecule has 1 aromatic rings. The molecule has 0 saturated carbocycles. The van der Waals surface area contributed by atoms with Crippen LogP contribution in [0.4, 0.5) is 8.78 Å². The van der Waals surface area contributed by atoms with E-state index in [2.05, 4.69) is 10.4 Å². The minimum Gasteiger partial charge on any atom is -0.376 e. The van der Waals surface area contributed by atoms with Gasteiger partial charge in [0.2, 0.25) is 5.91 Å². The summed E-state index contributed by atoms with van der Waals surface area (Å²) in [6.45, 7) is 4.28. The molecule has 21 heavy (non-hydrogen) atoms. The number of amides is 1. The lowest BCUT2D eigenvalue weighted by Crippen LogP contribution is -2.36. The van der Waals surface area contributed by atoms with Crippen LogP contribution in [-0.2, 0) is 9.53 Å². The monoisotopic (exact) mass is 321 g/mol. The van der Waals surface area contributed by atoms with E-state index in [0.29, 0.717) is 18.8 Å². The molecule has 2 rings (SSSR count). The average molecular weight is 322 g/mol. The van der Waals surface area contributed by atoms with Gasteiger partial charge in [0.15, 0.2) is 0 Å². The minimum absolute atomic E-state index is 0.0279. The zero-order valence-corrected chi connectivity index (χ0v) is 12.7. The van der Waals surface area contributed by atoms with E-state index in [9.17, 15) is 13.6 Å². The third kappa shape index (κ3) is 3.52. The lowest BCUT2D eigenvalue weighted by atomic mass is 10.2. The van der Waals surface area contributed by atoms with E-state index in [1.165, 1.54) is 4.68 Å². The summed E-state index contributed by atoms with van der Waals surface area (Å²) in [4.78, 5) is 12.1. The van der Waals surface area contributed by atoms with Gasteiger partial charge in [0.25, 0.3) is 6.43 Å². The van der Waals surface area contributed by atoms with Gasteiger partial charge in [-0.2, -0.15) is 5.10 Å². The summed E-state index contributed by atoms with van der Waals surface area (Å²) in [5.74, 6) is -0.298. The molecule has 8 heteroatoms. The van der Waals surface area contributed by atoms with Crippen LogP contribution in [0.25, 0.3) is 0 Å². The number of alkyl halides is 2. The number of hydrogen-bond donors (Lipinski definition) is 1. The predicted molar refractivity (Wildman–Crippen MR) is 73.6 cm³/mol. The lowest BCUT2D eigenvalue weighted by Gasteiger charge is -2.16. The largest absolute Gasteiger partial charge is 0.376 e. The van der Waals surface area contributed by atoms with Crippen molar-refractivity contribution in [2.24, 2.45) is 0 Å². The third-order valence-electron chi connectivity index (χ3n) is 3.58. The first-order chi connectivity index (χ1) is 9.91. The summed E-state index contributed by atoms with van der Waals surface area (Å²) in [6, 6.07) is -0.712. The Morgan fingerprint density at radius 1 is 1.62 bits per heavy atom. The van der Waals surface area contributed by atoms with Gasteiger partial charge in [0.05, 0.1) is 16.8 Å². The number of nitrogens with zero attached hydrogens (tertiary/aromatic N) is 2. The van der Waals surface area contributed by atoms with Crippen LogP contribution < -0.4 is 5.32 Å². The molecule has 1 aliphatic rings. The molecule has 0 aliphatic carbocycles. The van der Waals surface area contributed by atoms with Crippen molar-refractivity contribution in [3.8, 4) is 0 Å². The molecule has 0 spiro atoms. The lowest BCUT2D eigenvalue weighted by molar-refractivity contribution is -0.124.